The summed E-state index contributed by atoms with van der Waals surface area (Å²) in [5.74, 6) is 0.303. The average Bonchev–Trinajstić information content (AvgIpc) is 2.76. The van der Waals surface area contributed by atoms with Gasteiger partial charge in [0.05, 0.1) is 18.2 Å². The first-order valence-corrected chi connectivity index (χ1v) is 10.3. The number of nitrogens with one attached hydrogen (secondary N) is 2. The van der Waals surface area contributed by atoms with E-state index in [4.69, 9.17) is 9.47 Å². The van der Waals surface area contributed by atoms with Gasteiger partial charge in [-0.3, -0.25) is 0 Å². The van der Waals surface area contributed by atoms with Gasteiger partial charge in [0.15, 0.2) is 0 Å². The lowest BCUT2D eigenvalue weighted by Crippen LogP contribution is -2.45. The minimum atomic E-state index is -0.569. The molecule has 0 radical (unpaired) electrons. The smallest absolute Gasteiger partial charge is 0.338 e. The Hall–Kier alpha value is -3.28. The van der Waals surface area contributed by atoms with Gasteiger partial charge in [-0.2, -0.15) is 0 Å². The van der Waals surface area contributed by atoms with Crippen LogP contribution in [0.15, 0.2) is 65.9 Å². The van der Waals surface area contributed by atoms with Crippen molar-refractivity contribution in [2.45, 2.75) is 45.8 Å². The van der Waals surface area contributed by atoms with Crippen LogP contribution in [-0.2, 0) is 16.1 Å². The number of allylic oxidation sites excluding steroid dienone is 1. The van der Waals surface area contributed by atoms with E-state index >= 15 is 0 Å². The van der Waals surface area contributed by atoms with Crippen LogP contribution in [0.1, 0.15) is 50.3 Å². The van der Waals surface area contributed by atoms with Gasteiger partial charge in [0.25, 0.3) is 0 Å². The Morgan fingerprint density at radius 2 is 1.77 bits per heavy atom. The number of urea groups is 1. The summed E-state index contributed by atoms with van der Waals surface area (Å²) in [5, 5.41) is 5.49. The van der Waals surface area contributed by atoms with E-state index in [1.54, 1.807) is 6.92 Å². The number of unbranched alkanes of at least 4 members (excludes halogenated alkanes) is 2. The summed E-state index contributed by atoms with van der Waals surface area (Å²) in [6.45, 7) is 4.65. The Morgan fingerprint density at radius 3 is 2.47 bits per heavy atom. The van der Waals surface area contributed by atoms with Crippen molar-refractivity contribution >= 4 is 12.0 Å². The van der Waals surface area contributed by atoms with Crippen LogP contribution in [-0.4, -0.2) is 18.6 Å². The maximum Gasteiger partial charge on any atom is 0.338 e. The zero-order chi connectivity index (χ0) is 21.3. The van der Waals surface area contributed by atoms with Crippen molar-refractivity contribution in [3.05, 3.63) is 77.0 Å². The molecule has 2 aromatic carbocycles. The molecule has 3 rings (SSSR count). The molecule has 0 fully saturated rings. The highest BCUT2D eigenvalue weighted by Crippen LogP contribution is 2.29. The maximum absolute atomic E-state index is 12.7. The molecule has 6 heteroatoms. The van der Waals surface area contributed by atoms with Gasteiger partial charge in [-0.1, -0.05) is 62.2 Å². The topological polar surface area (TPSA) is 76.7 Å². The fourth-order valence-electron chi connectivity index (χ4n) is 3.31. The summed E-state index contributed by atoms with van der Waals surface area (Å²) in [7, 11) is 0. The zero-order valence-corrected chi connectivity index (χ0v) is 17.4. The molecule has 0 saturated carbocycles. The van der Waals surface area contributed by atoms with Gasteiger partial charge >= 0.3 is 12.0 Å². The van der Waals surface area contributed by atoms with Crippen molar-refractivity contribution in [1.82, 2.24) is 10.6 Å². The number of ether oxygens (including phenoxy) is 2. The molecule has 6 nitrogen and oxygen atoms in total. The molecule has 1 unspecified atom stereocenters. The van der Waals surface area contributed by atoms with Crippen molar-refractivity contribution in [2.24, 2.45) is 0 Å². The molecular weight excluding hydrogens is 380 g/mol. The van der Waals surface area contributed by atoms with Gasteiger partial charge < -0.3 is 20.1 Å². The van der Waals surface area contributed by atoms with Crippen molar-refractivity contribution in [3.8, 4) is 5.75 Å². The van der Waals surface area contributed by atoms with Crippen LogP contribution < -0.4 is 15.4 Å². The summed E-state index contributed by atoms with van der Waals surface area (Å²) in [6, 6.07) is 16.4. The fourth-order valence-corrected chi connectivity index (χ4v) is 3.31. The number of amides is 2. The molecule has 2 N–H and O–H groups in total. The molecule has 0 aliphatic carbocycles. The largest absolute Gasteiger partial charge is 0.489 e. The third-order valence-corrected chi connectivity index (χ3v) is 4.93. The molecule has 30 heavy (non-hydrogen) atoms. The number of hydrogen-bond acceptors (Lipinski definition) is 4. The van der Waals surface area contributed by atoms with E-state index in [9.17, 15) is 9.59 Å². The number of benzene rings is 2. The lowest BCUT2D eigenvalue weighted by atomic mass is 9.95. The number of carbonyl (C=O) groups is 2. The zero-order valence-electron chi connectivity index (χ0n) is 17.4. The Bertz CT molecular complexity index is 891. The van der Waals surface area contributed by atoms with Crippen LogP contribution in [0.4, 0.5) is 4.79 Å². The second-order valence-corrected chi connectivity index (χ2v) is 7.26. The van der Waals surface area contributed by atoms with Gasteiger partial charge in [-0.15, -0.1) is 0 Å². The summed E-state index contributed by atoms with van der Waals surface area (Å²) in [5.41, 5.74) is 2.80. The first kappa shape index (κ1) is 21.4. The standard InChI is InChI=1S/C24H28N2O4/c1-3-4-8-15-29-23(27)21-17(2)25-24(28)26-22(21)19-11-13-20(14-12-19)30-16-18-9-6-5-7-10-18/h5-7,9-14,22H,3-4,8,15-16H2,1-2H3,(H2,25,26,28). The van der Waals surface area contributed by atoms with E-state index in [1.807, 2.05) is 54.6 Å². The van der Waals surface area contributed by atoms with Crippen LogP contribution in [0.25, 0.3) is 0 Å². The second-order valence-electron chi connectivity index (χ2n) is 7.26. The van der Waals surface area contributed by atoms with E-state index in [2.05, 4.69) is 17.6 Å². The van der Waals surface area contributed by atoms with Crippen LogP contribution in [0.3, 0.4) is 0 Å². The van der Waals surface area contributed by atoms with Gasteiger partial charge in [0, 0.05) is 5.70 Å². The Labute approximate surface area is 177 Å². The van der Waals surface area contributed by atoms with Gasteiger partial charge in [0.2, 0.25) is 0 Å². The Kier molecular flexibility index (Phi) is 7.49. The number of hydrogen-bond donors (Lipinski definition) is 2. The van der Waals surface area contributed by atoms with E-state index in [0.29, 0.717) is 30.2 Å². The molecule has 1 aliphatic heterocycles. The first-order chi connectivity index (χ1) is 14.6. The van der Waals surface area contributed by atoms with Gasteiger partial charge in [0.1, 0.15) is 12.4 Å². The lowest BCUT2D eigenvalue weighted by Gasteiger charge is -2.28. The fraction of sp³-hybridized carbons (Fsp3) is 0.333. The highest BCUT2D eigenvalue weighted by atomic mass is 16.5. The molecule has 1 aliphatic rings. The number of rotatable bonds is 9. The lowest BCUT2D eigenvalue weighted by molar-refractivity contribution is -0.139. The number of carbonyl (C=O) groups excluding carboxylic acids is 2. The van der Waals surface area contributed by atoms with Crippen molar-refractivity contribution < 1.29 is 19.1 Å². The highest BCUT2D eigenvalue weighted by molar-refractivity contribution is 5.95. The quantitative estimate of drug-likeness (QED) is 0.469. The van der Waals surface area contributed by atoms with E-state index < -0.39 is 12.0 Å². The molecule has 0 aromatic heterocycles. The van der Waals surface area contributed by atoms with E-state index in [0.717, 1.165) is 30.4 Å². The molecule has 0 spiro atoms. The minimum absolute atomic E-state index is 0.343. The summed E-state index contributed by atoms with van der Waals surface area (Å²) >= 11 is 0. The third-order valence-electron chi connectivity index (χ3n) is 4.93. The second kappa shape index (κ2) is 10.5. The molecule has 1 atom stereocenters. The maximum atomic E-state index is 12.7. The van der Waals surface area contributed by atoms with Crippen LogP contribution in [0.2, 0.25) is 0 Å². The van der Waals surface area contributed by atoms with E-state index in [-0.39, 0.29) is 6.03 Å². The van der Waals surface area contributed by atoms with Crippen LogP contribution in [0.5, 0.6) is 5.75 Å². The van der Waals surface area contributed by atoms with Crippen LogP contribution in [0, 0.1) is 0 Å². The summed E-state index contributed by atoms with van der Waals surface area (Å²) in [6.07, 6.45) is 2.89. The average molecular weight is 408 g/mol. The molecule has 0 bridgehead atoms. The van der Waals surface area contributed by atoms with E-state index in [1.165, 1.54) is 0 Å². The monoisotopic (exact) mass is 408 g/mol. The third kappa shape index (κ3) is 5.63. The van der Waals surface area contributed by atoms with Crippen molar-refractivity contribution in [1.29, 1.82) is 0 Å². The van der Waals surface area contributed by atoms with Crippen LogP contribution >= 0.6 is 0 Å². The molecular formula is C24H28N2O4. The predicted octanol–water partition coefficient (Wildman–Crippen LogP) is 4.63. The first-order valence-electron chi connectivity index (χ1n) is 10.3. The molecule has 158 valence electrons. The Balaban J connectivity index is 1.70. The predicted molar refractivity (Wildman–Crippen MR) is 115 cm³/mol. The molecule has 2 aromatic rings. The Morgan fingerprint density at radius 1 is 1.03 bits per heavy atom. The van der Waals surface area contributed by atoms with Gasteiger partial charge in [-0.25, -0.2) is 9.59 Å². The van der Waals surface area contributed by atoms with Crippen molar-refractivity contribution in [2.75, 3.05) is 6.61 Å². The number of esters is 1. The minimum Gasteiger partial charge on any atom is -0.489 e. The van der Waals surface area contributed by atoms with Crippen molar-refractivity contribution in [3.63, 3.8) is 0 Å². The molecule has 1 heterocycles. The SMILES string of the molecule is CCCCCOC(=O)C1=C(C)NC(=O)NC1c1ccc(OCc2ccccc2)cc1. The summed E-state index contributed by atoms with van der Waals surface area (Å²) < 4.78 is 11.3. The summed E-state index contributed by atoms with van der Waals surface area (Å²) in [4.78, 5) is 24.7. The van der Waals surface area contributed by atoms with Gasteiger partial charge in [-0.05, 0) is 36.6 Å². The highest BCUT2D eigenvalue weighted by Gasteiger charge is 2.32. The molecule has 2 amide bonds. The molecule has 0 saturated heterocycles. The normalized spacial score (nSPS) is 15.9.